The molecule has 0 spiro atoms. The molecule has 0 aliphatic rings. The molecular formula is C21H17BrO. The van der Waals surface area contributed by atoms with E-state index >= 15 is 0 Å². The maximum atomic E-state index is 12.8. The maximum Gasteiger partial charge on any atom is 0.164 e. The van der Waals surface area contributed by atoms with Gasteiger partial charge in [-0.2, -0.15) is 0 Å². The lowest BCUT2D eigenvalue weighted by atomic mass is 9.86. The highest BCUT2D eigenvalue weighted by Crippen LogP contribution is 2.30. The summed E-state index contributed by atoms with van der Waals surface area (Å²) in [5.41, 5.74) is 3.07. The number of carbonyl (C=O) groups is 1. The van der Waals surface area contributed by atoms with Crippen LogP contribution in [0, 0.1) is 0 Å². The lowest BCUT2D eigenvalue weighted by Gasteiger charge is -2.18. The lowest BCUT2D eigenvalue weighted by Crippen LogP contribution is -2.09. The van der Waals surface area contributed by atoms with Crippen LogP contribution in [0.1, 0.15) is 33.8 Å². The third kappa shape index (κ3) is 3.77. The summed E-state index contributed by atoms with van der Waals surface area (Å²) >= 11 is 3.48. The second-order valence-corrected chi connectivity index (χ2v) is 6.34. The lowest BCUT2D eigenvalue weighted by molar-refractivity contribution is 0.0977. The normalized spacial score (nSPS) is 10.7. The van der Waals surface area contributed by atoms with Gasteiger partial charge in [-0.25, -0.2) is 0 Å². The minimum absolute atomic E-state index is 0.0667. The van der Waals surface area contributed by atoms with E-state index in [1.165, 1.54) is 11.1 Å². The summed E-state index contributed by atoms with van der Waals surface area (Å²) in [5, 5.41) is 0. The van der Waals surface area contributed by atoms with E-state index in [0.29, 0.717) is 6.42 Å². The maximum absolute atomic E-state index is 12.8. The van der Waals surface area contributed by atoms with Crippen molar-refractivity contribution in [3.05, 3.63) is 106 Å². The van der Waals surface area contributed by atoms with Gasteiger partial charge in [0.05, 0.1) is 0 Å². The number of hydrogen-bond acceptors (Lipinski definition) is 1. The first-order chi connectivity index (χ1) is 11.3. The third-order valence-electron chi connectivity index (χ3n) is 3.97. The monoisotopic (exact) mass is 364 g/mol. The summed E-state index contributed by atoms with van der Waals surface area (Å²) in [6.07, 6.45) is 0.455. The molecule has 0 radical (unpaired) electrons. The summed E-state index contributed by atoms with van der Waals surface area (Å²) in [6.45, 7) is 0. The molecular weight excluding hydrogens is 348 g/mol. The molecule has 0 N–H and O–H groups in total. The molecule has 1 nitrogen and oxygen atoms in total. The molecule has 0 atom stereocenters. The van der Waals surface area contributed by atoms with E-state index in [4.69, 9.17) is 0 Å². The Morgan fingerprint density at radius 2 is 1.22 bits per heavy atom. The van der Waals surface area contributed by atoms with Gasteiger partial charge in [0.15, 0.2) is 5.78 Å². The van der Waals surface area contributed by atoms with Crippen molar-refractivity contribution in [2.24, 2.45) is 0 Å². The first-order valence-electron chi connectivity index (χ1n) is 7.63. The molecule has 0 aliphatic carbocycles. The Bertz CT molecular complexity index is 742. The molecule has 0 saturated carbocycles. The van der Waals surface area contributed by atoms with E-state index in [1.807, 2.05) is 60.7 Å². The Balaban J connectivity index is 1.94. The Morgan fingerprint density at radius 1 is 0.739 bits per heavy atom. The smallest absolute Gasteiger partial charge is 0.164 e. The summed E-state index contributed by atoms with van der Waals surface area (Å²) in [4.78, 5) is 12.8. The first kappa shape index (κ1) is 15.7. The number of rotatable bonds is 5. The van der Waals surface area contributed by atoms with Gasteiger partial charge in [0.2, 0.25) is 0 Å². The molecule has 114 valence electrons. The summed E-state index contributed by atoms with van der Waals surface area (Å²) in [7, 11) is 0. The number of Topliss-reactive ketones (excluding diaryl/α,β-unsaturated/α-hetero) is 1. The summed E-state index contributed by atoms with van der Waals surface area (Å²) < 4.78 is 0.852. The van der Waals surface area contributed by atoms with Crippen molar-refractivity contribution in [1.29, 1.82) is 0 Å². The second-order valence-electron chi connectivity index (χ2n) is 5.48. The van der Waals surface area contributed by atoms with Crippen LogP contribution in [0.25, 0.3) is 0 Å². The molecule has 3 rings (SSSR count). The molecule has 0 heterocycles. The van der Waals surface area contributed by atoms with E-state index in [9.17, 15) is 4.79 Å². The number of hydrogen-bond donors (Lipinski definition) is 0. The Labute approximate surface area is 145 Å². The SMILES string of the molecule is O=C(CC(c1ccccc1)c1ccccc1)c1ccccc1Br. The standard InChI is InChI=1S/C21H17BrO/c22-20-14-8-7-13-18(20)21(23)15-19(16-9-3-1-4-10-16)17-11-5-2-6-12-17/h1-14,19H,15H2. The molecule has 0 aromatic heterocycles. The van der Waals surface area contributed by atoms with E-state index in [2.05, 4.69) is 40.2 Å². The van der Waals surface area contributed by atoms with Gasteiger partial charge in [0, 0.05) is 22.4 Å². The number of benzene rings is 3. The van der Waals surface area contributed by atoms with Gasteiger partial charge in [-0.3, -0.25) is 4.79 Å². The fourth-order valence-electron chi connectivity index (χ4n) is 2.78. The zero-order valence-corrected chi connectivity index (χ0v) is 14.2. The quantitative estimate of drug-likeness (QED) is 0.518. The van der Waals surface area contributed by atoms with E-state index in [0.717, 1.165) is 10.0 Å². The van der Waals surface area contributed by atoms with Crippen LogP contribution in [0.3, 0.4) is 0 Å². The van der Waals surface area contributed by atoms with Crippen LogP contribution < -0.4 is 0 Å². The molecule has 0 amide bonds. The number of carbonyl (C=O) groups excluding carboxylic acids is 1. The van der Waals surface area contributed by atoms with E-state index in [-0.39, 0.29) is 11.7 Å². The van der Waals surface area contributed by atoms with E-state index < -0.39 is 0 Å². The summed E-state index contributed by atoms with van der Waals surface area (Å²) in [5.74, 6) is 0.215. The van der Waals surface area contributed by atoms with Gasteiger partial charge < -0.3 is 0 Å². The fraction of sp³-hybridized carbons (Fsp3) is 0.0952. The largest absolute Gasteiger partial charge is 0.294 e. The van der Waals surface area contributed by atoms with Crippen molar-refractivity contribution >= 4 is 21.7 Å². The van der Waals surface area contributed by atoms with Crippen molar-refractivity contribution in [2.45, 2.75) is 12.3 Å². The Morgan fingerprint density at radius 3 is 1.74 bits per heavy atom. The van der Waals surface area contributed by atoms with Gasteiger partial charge in [-0.05, 0) is 17.2 Å². The highest BCUT2D eigenvalue weighted by molar-refractivity contribution is 9.10. The van der Waals surface area contributed by atoms with Gasteiger partial charge >= 0.3 is 0 Å². The third-order valence-corrected chi connectivity index (χ3v) is 4.66. The van der Waals surface area contributed by atoms with Crippen LogP contribution >= 0.6 is 15.9 Å². The van der Waals surface area contributed by atoms with Crippen molar-refractivity contribution < 1.29 is 4.79 Å². The first-order valence-corrected chi connectivity index (χ1v) is 8.42. The zero-order chi connectivity index (χ0) is 16.1. The average molecular weight is 365 g/mol. The van der Waals surface area contributed by atoms with Crippen LogP contribution in [-0.4, -0.2) is 5.78 Å². The van der Waals surface area contributed by atoms with Gasteiger partial charge in [0.1, 0.15) is 0 Å². The Kier molecular flexibility index (Phi) is 5.04. The molecule has 2 heteroatoms. The van der Waals surface area contributed by atoms with Crippen molar-refractivity contribution in [3.63, 3.8) is 0 Å². The van der Waals surface area contributed by atoms with Crippen LogP contribution in [0.4, 0.5) is 0 Å². The fourth-order valence-corrected chi connectivity index (χ4v) is 3.29. The van der Waals surface area contributed by atoms with Crippen molar-refractivity contribution in [2.75, 3.05) is 0 Å². The van der Waals surface area contributed by atoms with Crippen LogP contribution in [0.15, 0.2) is 89.4 Å². The molecule has 0 unspecified atom stereocenters. The Hall–Kier alpha value is -2.19. The molecule has 0 fully saturated rings. The van der Waals surface area contributed by atoms with Crippen LogP contribution in [-0.2, 0) is 0 Å². The number of halogens is 1. The highest BCUT2D eigenvalue weighted by atomic mass is 79.9. The van der Waals surface area contributed by atoms with Gasteiger partial charge in [-0.15, -0.1) is 0 Å². The van der Waals surface area contributed by atoms with E-state index in [1.54, 1.807) is 0 Å². The van der Waals surface area contributed by atoms with Crippen LogP contribution in [0.2, 0.25) is 0 Å². The minimum Gasteiger partial charge on any atom is -0.294 e. The highest BCUT2D eigenvalue weighted by Gasteiger charge is 2.20. The predicted molar refractivity (Wildman–Crippen MR) is 97.8 cm³/mol. The molecule has 3 aromatic carbocycles. The molecule has 0 saturated heterocycles. The molecule has 0 bridgehead atoms. The molecule has 23 heavy (non-hydrogen) atoms. The van der Waals surface area contributed by atoms with Crippen LogP contribution in [0.5, 0.6) is 0 Å². The predicted octanol–water partition coefficient (Wildman–Crippen LogP) is 5.85. The van der Waals surface area contributed by atoms with Gasteiger partial charge in [0.25, 0.3) is 0 Å². The minimum atomic E-state index is 0.0667. The topological polar surface area (TPSA) is 17.1 Å². The van der Waals surface area contributed by atoms with Crippen molar-refractivity contribution in [3.8, 4) is 0 Å². The number of ketones is 1. The summed E-state index contributed by atoms with van der Waals surface area (Å²) in [6, 6.07) is 28.1. The second kappa shape index (κ2) is 7.38. The van der Waals surface area contributed by atoms with Gasteiger partial charge in [-0.1, -0.05) is 94.8 Å². The zero-order valence-electron chi connectivity index (χ0n) is 12.7. The molecule has 0 aliphatic heterocycles. The molecule has 3 aromatic rings. The average Bonchev–Trinajstić information content (AvgIpc) is 2.61. The van der Waals surface area contributed by atoms with Crippen molar-refractivity contribution in [1.82, 2.24) is 0 Å².